The van der Waals surface area contributed by atoms with Crippen molar-refractivity contribution >= 4 is 9.84 Å². The fraction of sp³-hybridized carbons (Fsp3) is 1.00. The van der Waals surface area contributed by atoms with E-state index in [1.54, 1.807) is 0 Å². The Morgan fingerprint density at radius 1 is 1.33 bits per heavy atom. The Kier molecular flexibility index (Phi) is 5.02. The fourth-order valence-electron chi connectivity index (χ4n) is 1.48. The summed E-state index contributed by atoms with van der Waals surface area (Å²) in [6, 6.07) is 0. The van der Waals surface area contributed by atoms with Gasteiger partial charge in [0.15, 0.2) is 0 Å². The third-order valence-corrected chi connectivity index (χ3v) is 3.53. The largest absolute Gasteiger partial charge is 0.314 e. The zero-order chi connectivity index (χ0) is 11.3. The molecule has 1 aliphatic rings. The van der Waals surface area contributed by atoms with Crippen LogP contribution in [0, 0.1) is 5.92 Å². The van der Waals surface area contributed by atoms with Crippen LogP contribution in [-0.2, 0) is 9.84 Å². The van der Waals surface area contributed by atoms with Crippen molar-refractivity contribution in [3.05, 3.63) is 0 Å². The molecule has 0 amide bonds. The number of sulfone groups is 1. The molecule has 0 aromatic rings. The van der Waals surface area contributed by atoms with Gasteiger partial charge in [-0.25, -0.2) is 8.42 Å². The second kappa shape index (κ2) is 5.82. The molecule has 0 atom stereocenters. The highest BCUT2D eigenvalue weighted by atomic mass is 32.2. The number of nitrogens with one attached hydrogen (secondary N) is 1. The summed E-state index contributed by atoms with van der Waals surface area (Å²) >= 11 is 0. The number of likely N-dealkylation sites (N-methyl/N-ethyl adjacent to an activating group) is 1. The highest BCUT2D eigenvalue weighted by Gasteiger charge is 2.22. The van der Waals surface area contributed by atoms with Crippen LogP contribution >= 0.6 is 0 Å². The number of nitrogens with zero attached hydrogens (tertiary/aromatic N) is 1. The predicted octanol–water partition coefficient (Wildman–Crippen LogP) is -0.0376. The summed E-state index contributed by atoms with van der Waals surface area (Å²) in [7, 11) is -0.688. The molecule has 0 aromatic carbocycles. The van der Waals surface area contributed by atoms with Crippen molar-refractivity contribution in [1.82, 2.24) is 10.2 Å². The van der Waals surface area contributed by atoms with Crippen LogP contribution in [0.5, 0.6) is 0 Å². The lowest BCUT2D eigenvalue weighted by molar-refractivity contribution is 0.319. The van der Waals surface area contributed by atoms with Crippen molar-refractivity contribution in [2.24, 2.45) is 5.92 Å². The summed E-state index contributed by atoms with van der Waals surface area (Å²) in [6.07, 6.45) is 4.03. The Morgan fingerprint density at radius 3 is 2.53 bits per heavy atom. The molecule has 1 aliphatic carbocycles. The highest BCUT2D eigenvalue weighted by molar-refractivity contribution is 7.90. The van der Waals surface area contributed by atoms with Crippen molar-refractivity contribution in [2.45, 2.75) is 12.8 Å². The van der Waals surface area contributed by atoms with Gasteiger partial charge in [-0.2, -0.15) is 0 Å². The van der Waals surface area contributed by atoms with Crippen molar-refractivity contribution in [3.8, 4) is 0 Å². The maximum Gasteiger partial charge on any atom is 0.148 e. The van der Waals surface area contributed by atoms with Gasteiger partial charge in [-0.15, -0.1) is 0 Å². The smallest absolute Gasteiger partial charge is 0.148 e. The Balaban J connectivity index is 1.91. The van der Waals surface area contributed by atoms with E-state index in [-0.39, 0.29) is 5.75 Å². The van der Waals surface area contributed by atoms with E-state index in [0.29, 0.717) is 6.54 Å². The Labute approximate surface area is 93.0 Å². The van der Waals surface area contributed by atoms with Gasteiger partial charge >= 0.3 is 0 Å². The molecule has 0 unspecified atom stereocenters. The lowest BCUT2D eigenvalue weighted by Gasteiger charge is -2.16. The van der Waals surface area contributed by atoms with Gasteiger partial charge in [0.2, 0.25) is 0 Å². The van der Waals surface area contributed by atoms with E-state index < -0.39 is 9.84 Å². The summed E-state index contributed by atoms with van der Waals surface area (Å²) in [5, 5.41) is 3.15. The lowest BCUT2D eigenvalue weighted by atomic mass is 10.4. The van der Waals surface area contributed by atoms with Crippen LogP contribution in [0.15, 0.2) is 0 Å². The predicted molar refractivity (Wildman–Crippen MR) is 62.8 cm³/mol. The molecule has 0 aromatic heterocycles. The molecule has 1 fully saturated rings. The Bertz CT molecular complexity index is 273. The van der Waals surface area contributed by atoms with Crippen LogP contribution in [-0.4, -0.2) is 58.6 Å². The zero-order valence-electron chi connectivity index (χ0n) is 9.70. The van der Waals surface area contributed by atoms with E-state index in [2.05, 4.69) is 17.3 Å². The van der Waals surface area contributed by atoms with Crippen LogP contribution in [0.3, 0.4) is 0 Å². The maximum absolute atomic E-state index is 10.8. The third-order valence-electron chi connectivity index (χ3n) is 2.59. The van der Waals surface area contributed by atoms with Gasteiger partial charge in [0.05, 0.1) is 5.75 Å². The fourth-order valence-corrected chi connectivity index (χ4v) is 2.00. The molecule has 0 aliphatic heterocycles. The van der Waals surface area contributed by atoms with Crippen molar-refractivity contribution < 1.29 is 8.42 Å². The molecule has 0 heterocycles. The van der Waals surface area contributed by atoms with Crippen LogP contribution in [0.2, 0.25) is 0 Å². The van der Waals surface area contributed by atoms with Crippen LogP contribution < -0.4 is 5.32 Å². The standard InChI is InChI=1S/C10H22N2O2S/c1-12(9-10-3-4-10)7-5-11-6-8-15(2,13)14/h10-11H,3-9H2,1-2H3. The monoisotopic (exact) mass is 234 g/mol. The second-order valence-corrected chi connectivity index (χ2v) is 6.85. The summed E-state index contributed by atoms with van der Waals surface area (Å²) in [4.78, 5) is 2.31. The van der Waals surface area contributed by atoms with Gasteiger partial charge in [-0.1, -0.05) is 0 Å². The number of hydrogen-bond acceptors (Lipinski definition) is 4. The van der Waals surface area contributed by atoms with Crippen molar-refractivity contribution in [2.75, 3.05) is 45.2 Å². The van der Waals surface area contributed by atoms with E-state index in [9.17, 15) is 8.42 Å². The maximum atomic E-state index is 10.8. The van der Waals surface area contributed by atoms with Crippen LogP contribution in [0.1, 0.15) is 12.8 Å². The van der Waals surface area contributed by atoms with Crippen molar-refractivity contribution in [1.29, 1.82) is 0 Å². The molecule has 4 nitrogen and oxygen atoms in total. The topological polar surface area (TPSA) is 49.4 Å². The second-order valence-electron chi connectivity index (χ2n) is 4.59. The first-order valence-corrected chi connectivity index (χ1v) is 7.60. The van der Waals surface area contributed by atoms with E-state index in [4.69, 9.17) is 0 Å². The van der Waals surface area contributed by atoms with Gasteiger partial charge in [0.1, 0.15) is 9.84 Å². The van der Waals surface area contributed by atoms with Crippen molar-refractivity contribution in [3.63, 3.8) is 0 Å². The molecule has 0 spiro atoms. The van der Waals surface area contributed by atoms with Crippen LogP contribution in [0.4, 0.5) is 0 Å². The van der Waals surface area contributed by atoms with E-state index in [0.717, 1.165) is 19.0 Å². The Hall–Kier alpha value is -0.130. The average molecular weight is 234 g/mol. The Morgan fingerprint density at radius 2 is 2.00 bits per heavy atom. The molecule has 0 saturated heterocycles. The molecule has 0 bridgehead atoms. The first kappa shape index (κ1) is 12.9. The molecule has 90 valence electrons. The lowest BCUT2D eigenvalue weighted by Crippen LogP contribution is -2.32. The van der Waals surface area contributed by atoms with Gasteiger partial charge < -0.3 is 10.2 Å². The summed E-state index contributed by atoms with van der Waals surface area (Å²) in [5.41, 5.74) is 0. The first-order chi connectivity index (χ1) is 6.97. The minimum atomic E-state index is -2.81. The normalized spacial score (nSPS) is 17.3. The zero-order valence-corrected chi connectivity index (χ0v) is 10.5. The van der Waals surface area contributed by atoms with E-state index in [1.165, 1.54) is 25.6 Å². The van der Waals surface area contributed by atoms with Gasteiger partial charge in [-0.05, 0) is 25.8 Å². The summed E-state index contributed by atoms with van der Waals surface area (Å²) in [5.74, 6) is 1.16. The quantitative estimate of drug-likeness (QED) is 0.599. The van der Waals surface area contributed by atoms with Gasteiger partial charge in [-0.3, -0.25) is 0 Å². The number of rotatable bonds is 8. The third kappa shape index (κ3) is 7.76. The van der Waals surface area contributed by atoms with Crippen LogP contribution in [0.25, 0.3) is 0 Å². The molecule has 1 saturated carbocycles. The highest BCUT2D eigenvalue weighted by Crippen LogP contribution is 2.29. The van der Waals surface area contributed by atoms with Gasteiger partial charge in [0.25, 0.3) is 0 Å². The molecule has 1 N–H and O–H groups in total. The average Bonchev–Trinajstić information content (AvgIpc) is 2.85. The molecule has 1 rings (SSSR count). The molecule has 0 radical (unpaired) electrons. The first-order valence-electron chi connectivity index (χ1n) is 5.54. The minimum Gasteiger partial charge on any atom is -0.314 e. The summed E-state index contributed by atoms with van der Waals surface area (Å²) in [6.45, 7) is 3.63. The molecular formula is C10H22N2O2S. The van der Waals surface area contributed by atoms with E-state index >= 15 is 0 Å². The minimum absolute atomic E-state index is 0.235. The summed E-state index contributed by atoms with van der Waals surface area (Å²) < 4.78 is 21.7. The SMILES string of the molecule is CN(CCNCCS(C)(=O)=O)CC1CC1. The molecule has 15 heavy (non-hydrogen) atoms. The van der Waals surface area contributed by atoms with E-state index in [1.807, 2.05) is 0 Å². The van der Waals surface area contributed by atoms with Gasteiger partial charge in [0, 0.05) is 32.4 Å². The molecular weight excluding hydrogens is 212 g/mol. The number of hydrogen-bond donors (Lipinski definition) is 1. The molecule has 5 heteroatoms.